The fraction of sp³-hybridized carbons (Fsp3) is 0.308. The fourth-order valence-corrected chi connectivity index (χ4v) is 3.35. The molecule has 5 heteroatoms. The molecule has 5 nitrogen and oxygen atoms in total. The molecule has 1 unspecified atom stereocenters. The first-order chi connectivity index (χ1) is 14.8. The maximum Gasteiger partial charge on any atom is 0.408 e. The van der Waals surface area contributed by atoms with E-state index in [1.807, 2.05) is 42.5 Å². The fourth-order valence-electron chi connectivity index (χ4n) is 3.35. The average Bonchev–Trinajstić information content (AvgIpc) is 2.72. The topological polar surface area (TPSA) is 64.6 Å². The lowest BCUT2D eigenvalue weighted by atomic mass is 9.99. The number of ether oxygens (including phenoxy) is 2. The summed E-state index contributed by atoms with van der Waals surface area (Å²) in [7, 11) is 0. The Labute approximate surface area is 183 Å². The van der Waals surface area contributed by atoms with Crippen molar-refractivity contribution in [3.8, 4) is 0 Å². The van der Waals surface area contributed by atoms with Gasteiger partial charge in [0.05, 0.1) is 0 Å². The lowest BCUT2D eigenvalue weighted by Crippen LogP contribution is -2.37. The molecule has 0 bridgehead atoms. The van der Waals surface area contributed by atoms with Crippen molar-refractivity contribution in [2.45, 2.75) is 45.3 Å². The van der Waals surface area contributed by atoms with E-state index in [9.17, 15) is 9.59 Å². The summed E-state index contributed by atoms with van der Waals surface area (Å²) in [6.07, 6.45) is 0.180. The van der Waals surface area contributed by atoms with Crippen LogP contribution in [0.25, 0.3) is 10.8 Å². The van der Waals surface area contributed by atoms with Crippen LogP contribution >= 0.6 is 0 Å². The van der Waals surface area contributed by atoms with Crippen LogP contribution in [0.15, 0.2) is 72.8 Å². The second kappa shape index (κ2) is 10.1. The van der Waals surface area contributed by atoms with Gasteiger partial charge in [-0.1, -0.05) is 72.8 Å². The molecule has 3 aromatic carbocycles. The molecular formula is C26H29NO4. The first-order valence-electron chi connectivity index (χ1n) is 10.5. The average molecular weight is 420 g/mol. The van der Waals surface area contributed by atoms with E-state index in [-0.39, 0.29) is 12.6 Å². The Morgan fingerprint density at radius 1 is 0.839 bits per heavy atom. The first kappa shape index (κ1) is 22.3. The summed E-state index contributed by atoms with van der Waals surface area (Å²) in [6, 6.07) is 24.4. The molecule has 0 fully saturated rings. The van der Waals surface area contributed by atoms with Crippen molar-refractivity contribution in [3.63, 3.8) is 0 Å². The number of hydrogen-bond donors (Lipinski definition) is 1. The van der Waals surface area contributed by atoms with Crippen LogP contribution in [0, 0.1) is 0 Å². The van der Waals surface area contributed by atoms with Gasteiger partial charge in [-0.2, -0.15) is 0 Å². The van der Waals surface area contributed by atoms with E-state index in [0.29, 0.717) is 12.8 Å². The Bertz CT molecular complexity index is 1020. The summed E-state index contributed by atoms with van der Waals surface area (Å²) >= 11 is 0. The minimum Gasteiger partial charge on any atom is -0.460 e. The summed E-state index contributed by atoms with van der Waals surface area (Å²) < 4.78 is 10.9. The third-order valence-electron chi connectivity index (χ3n) is 4.66. The molecule has 0 radical (unpaired) electrons. The van der Waals surface area contributed by atoms with Crippen molar-refractivity contribution in [3.05, 3.63) is 83.9 Å². The highest BCUT2D eigenvalue weighted by Gasteiger charge is 2.19. The molecule has 0 aliphatic heterocycles. The summed E-state index contributed by atoms with van der Waals surface area (Å²) in [5.74, 6) is -0.493. The molecule has 1 N–H and O–H groups in total. The lowest BCUT2D eigenvalue weighted by molar-refractivity contribution is -0.147. The zero-order valence-electron chi connectivity index (χ0n) is 18.3. The van der Waals surface area contributed by atoms with Gasteiger partial charge in [-0.25, -0.2) is 4.79 Å². The van der Waals surface area contributed by atoms with Crippen molar-refractivity contribution in [1.29, 1.82) is 0 Å². The standard InChI is InChI=1S/C26H29NO4/c1-26(2,3)31-25(29)27-18-24(28)30-23(16-19-9-5-4-6-10-19)17-20-13-14-21-11-7-8-12-22(21)15-20/h4-15,23H,16-18H2,1-3H3,(H,27,29). The van der Waals surface area contributed by atoms with Gasteiger partial charge in [0.25, 0.3) is 0 Å². The van der Waals surface area contributed by atoms with E-state index >= 15 is 0 Å². The smallest absolute Gasteiger partial charge is 0.408 e. The molecule has 3 aromatic rings. The Morgan fingerprint density at radius 2 is 1.48 bits per heavy atom. The number of amides is 1. The van der Waals surface area contributed by atoms with Crippen LogP contribution in [0.2, 0.25) is 0 Å². The van der Waals surface area contributed by atoms with Gasteiger partial charge in [0.15, 0.2) is 0 Å². The van der Waals surface area contributed by atoms with Gasteiger partial charge in [-0.05, 0) is 42.7 Å². The van der Waals surface area contributed by atoms with Gasteiger partial charge in [-0.3, -0.25) is 4.79 Å². The van der Waals surface area contributed by atoms with E-state index in [1.165, 1.54) is 5.39 Å². The minimum atomic E-state index is -0.640. The van der Waals surface area contributed by atoms with Gasteiger partial charge in [0.1, 0.15) is 18.2 Å². The number of benzene rings is 3. The predicted octanol–water partition coefficient (Wildman–Crippen LogP) is 5.06. The molecule has 1 atom stereocenters. The molecule has 0 heterocycles. The molecule has 0 aromatic heterocycles. The highest BCUT2D eigenvalue weighted by Crippen LogP contribution is 2.19. The normalized spacial score (nSPS) is 12.2. The number of alkyl carbamates (subject to hydrolysis) is 1. The summed E-state index contributed by atoms with van der Waals surface area (Å²) in [6.45, 7) is 5.07. The van der Waals surface area contributed by atoms with Crippen LogP contribution in [0.5, 0.6) is 0 Å². The van der Waals surface area contributed by atoms with Crippen molar-refractivity contribution in [2.24, 2.45) is 0 Å². The zero-order chi connectivity index (χ0) is 22.3. The number of hydrogen-bond acceptors (Lipinski definition) is 4. The van der Waals surface area contributed by atoms with Crippen molar-refractivity contribution < 1.29 is 19.1 Å². The summed E-state index contributed by atoms with van der Waals surface area (Å²) in [4.78, 5) is 24.2. The van der Waals surface area contributed by atoms with Gasteiger partial charge in [-0.15, -0.1) is 0 Å². The Morgan fingerprint density at radius 3 is 2.19 bits per heavy atom. The Kier molecular flexibility index (Phi) is 7.29. The molecule has 3 rings (SSSR count). The number of carbonyl (C=O) groups is 2. The molecule has 0 aliphatic rings. The first-order valence-corrected chi connectivity index (χ1v) is 10.5. The molecule has 162 valence electrons. The van der Waals surface area contributed by atoms with Crippen LogP contribution in [-0.2, 0) is 27.1 Å². The molecule has 31 heavy (non-hydrogen) atoms. The third kappa shape index (κ3) is 7.45. The van der Waals surface area contributed by atoms with Crippen LogP contribution in [0.4, 0.5) is 4.79 Å². The molecule has 0 spiro atoms. The number of carbonyl (C=O) groups excluding carboxylic acids is 2. The van der Waals surface area contributed by atoms with E-state index in [1.54, 1.807) is 20.8 Å². The van der Waals surface area contributed by atoms with Crippen molar-refractivity contribution >= 4 is 22.8 Å². The lowest BCUT2D eigenvalue weighted by Gasteiger charge is -2.21. The summed E-state index contributed by atoms with van der Waals surface area (Å²) in [5, 5.41) is 4.78. The third-order valence-corrected chi connectivity index (χ3v) is 4.66. The second-order valence-electron chi connectivity index (χ2n) is 8.54. The van der Waals surface area contributed by atoms with Crippen molar-refractivity contribution in [2.75, 3.05) is 6.54 Å². The van der Waals surface area contributed by atoms with Crippen LogP contribution in [0.1, 0.15) is 31.9 Å². The van der Waals surface area contributed by atoms with Crippen LogP contribution in [0.3, 0.4) is 0 Å². The van der Waals surface area contributed by atoms with E-state index < -0.39 is 17.7 Å². The molecular weight excluding hydrogens is 390 g/mol. The van der Waals surface area contributed by atoms with E-state index in [2.05, 4.69) is 35.6 Å². The van der Waals surface area contributed by atoms with Crippen LogP contribution < -0.4 is 5.32 Å². The highest BCUT2D eigenvalue weighted by molar-refractivity contribution is 5.83. The van der Waals surface area contributed by atoms with E-state index in [4.69, 9.17) is 9.47 Å². The second-order valence-corrected chi connectivity index (χ2v) is 8.54. The highest BCUT2D eigenvalue weighted by atomic mass is 16.6. The number of rotatable bonds is 7. The maximum atomic E-state index is 12.4. The monoisotopic (exact) mass is 419 g/mol. The number of esters is 1. The largest absolute Gasteiger partial charge is 0.460 e. The number of fused-ring (bicyclic) bond motifs is 1. The summed E-state index contributed by atoms with van der Waals surface area (Å²) in [5.41, 5.74) is 1.55. The number of nitrogens with one attached hydrogen (secondary N) is 1. The van der Waals surface area contributed by atoms with Gasteiger partial charge < -0.3 is 14.8 Å². The minimum absolute atomic E-state index is 0.238. The van der Waals surface area contributed by atoms with Crippen LogP contribution in [-0.4, -0.2) is 30.3 Å². The Balaban J connectivity index is 1.67. The van der Waals surface area contributed by atoms with E-state index in [0.717, 1.165) is 16.5 Å². The van der Waals surface area contributed by atoms with Gasteiger partial charge in [0, 0.05) is 12.8 Å². The van der Waals surface area contributed by atoms with Crippen molar-refractivity contribution in [1.82, 2.24) is 5.32 Å². The predicted molar refractivity (Wildman–Crippen MR) is 122 cm³/mol. The maximum absolute atomic E-state index is 12.4. The molecule has 0 aliphatic carbocycles. The van der Waals surface area contributed by atoms with Gasteiger partial charge >= 0.3 is 12.1 Å². The molecule has 1 amide bonds. The quantitative estimate of drug-likeness (QED) is 0.544. The zero-order valence-corrected chi connectivity index (χ0v) is 18.3. The SMILES string of the molecule is CC(C)(C)OC(=O)NCC(=O)OC(Cc1ccccc1)Cc1ccc2ccccc2c1. The Hall–Kier alpha value is -3.34. The van der Waals surface area contributed by atoms with Gasteiger partial charge in [0.2, 0.25) is 0 Å². The molecule has 0 saturated carbocycles. The molecule has 0 saturated heterocycles.